The molecule has 0 aliphatic carbocycles. The maximum absolute atomic E-state index is 12.2. The molecule has 2 aromatic rings. The number of phenolic OH excluding ortho intramolecular Hbond substituents is 1. The molecule has 13 heteroatoms. The molecule has 0 aliphatic heterocycles. The van der Waals surface area contributed by atoms with Crippen LogP contribution in [0.25, 0.3) is 0 Å². The number of amides is 2. The van der Waals surface area contributed by atoms with Crippen LogP contribution in [0.2, 0.25) is 0 Å². The zero-order chi connectivity index (χ0) is 40.5. The smallest absolute Gasteiger partial charge is 0.408 e. The molecule has 0 bridgehead atoms. The van der Waals surface area contributed by atoms with Crippen molar-refractivity contribution in [1.29, 1.82) is 0 Å². The summed E-state index contributed by atoms with van der Waals surface area (Å²) in [6, 6.07) is 12.0. The summed E-state index contributed by atoms with van der Waals surface area (Å²) in [5.74, 6) is 10.9. The molecule has 2 atom stereocenters. The van der Waals surface area contributed by atoms with Crippen LogP contribution in [0.3, 0.4) is 0 Å². The van der Waals surface area contributed by atoms with E-state index in [1.807, 2.05) is 19.1 Å². The zero-order valence-corrected chi connectivity index (χ0v) is 34.1. The molecule has 292 valence electrons. The first-order valence-corrected chi connectivity index (χ1v) is 18.2. The highest BCUT2D eigenvalue weighted by atomic mass is 79.9. The molecule has 0 spiro atoms. The molecule has 0 heterocycles. The fourth-order valence-corrected chi connectivity index (χ4v) is 4.14. The van der Waals surface area contributed by atoms with Crippen LogP contribution in [0.4, 0.5) is 9.59 Å². The van der Waals surface area contributed by atoms with Crippen molar-refractivity contribution >= 4 is 40.1 Å². The third-order valence-electron chi connectivity index (χ3n) is 5.99. The summed E-state index contributed by atoms with van der Waals surface area (Å²) in [6.07, 6.45) is -0.802. The van der Waals surface area contributed by atoms with Gasteiger partial charge in [0.25, 0.3) is 0 Å². The van der Waals surface area contributed by atoms with E-state index in [0.717, 1.165) is 16.5 Å². The predicted molar refractivity (Wildman–Crippen MR) is 208 cm³/mol. The van der Waals surface area contributed by atoms with Gasteiger partial charge < -0.3 is 39.4 Å². The van der Waals surface area contributed by atoms with E-state index in [1.165, 1.54) is 12.1 Å². The third kappa shape index (κ3) is 24.9. The largest absolute Gasteiger partial charge is 0.508 e. The van der Waals surface area contributed by atoms with Gasteiger partial charge in [-0.1, -0.05) is 52.0 Å². The second-order valence-electron chi connectivity index (χ2n) is 12.9. The van der Waals surface area contributed by atoms with E-state index in [-0.39, 0.29) is 31.8 Å². The van der Waals surface area contributed by atoms with Crippen molar-refractivity contribution in [3.63, 3.8) is 0 Å². The number of hydrogen-bond acceptors (Lipinski definition) is 10. The molecule has 0 aromatic heterocycles. The van der Waals surface area contributed by atoms with E-state index in [0.29, 0.717) is 12.4 Å². The Bertz CT molecular complexity index is 1520. The van der Waals surface area contributed by atoms with Crippen molar-refractivity contribution in [3.8, 4) is 35.2 Å². The molecule has 0 fully saturated rings. The average Bonchev–Trinajstić information content (AvgIpc) is 3.05. The first-order valence-electron chi connectivity index (χ1n) is 17.0. The van der Waals surface area contributed by atoms with Crippen LogP contribution in [0.5, 0.6) is 11.5 Å². The topological polar surface area (TPSA) is 159 Å². The fourth-order valence-electron chi connectivity index (χ4n) is 3.86. The van der Waals surface area contributed by atoms with Crippen LogP contribution >= 0.6 is 15.9 Å². The number of alkyl carbamates (subject to hydrolysis) is 2. The number of nitrogens with one attached hydrogen (secondary N) is 2. The highest BCUT2D eigenvalue weighted by molar-refractivity contribution is 9.09. The molecule has 2 amide bonds. The molecule has 0 unspecified atom stereocenters. The van der Waals surface area contributed by atoms with Crippen molar-refractivity contribution in [2.24, 2.45) is 0 Å². The number of halogens is 1. The number of carbonyl (C=O) groups is 4. The molecular weight excluding hydrogens is 748 g/mol. The van der Waals surface area contributed by atoms with Crippen LogP contribution in [-0.4, -0.2) is 77.7 Å². The number of hydrogen-bond donors (Lipinski definition) is 3. The van der Waals surface area contributed by atoms with Crippen molar-refractivity contribution < 1.29 is 48.0 Å². The molecular formula is C40H55BrN2O10. The summed E-state index contributed by atoms with van der Waals surface area (Å²) in [7, 11) is 0. The lowest BCUT2D eigenvalue weighted by atomic mass is 10.1. The van der Waals surface area contributed by atoms with Crippen molar-refractivity contribution in [2.75, 3.05) is 25.2 Å². The van der Waals surface area contributed by atoms with Crippen LogP contribution < -0.4 is 15.4 Å². The Balaban J connectivity index is 0.000000913. The first kappa shape index (κ1) is 48.1. The maximum Gasteiger partial charge on any atom is 0.408 e. The molecule has 53 heavy (non-hydrogen) atoms. The number of esters is 2. The van der Waals surface area contributed by atoms with Gasteiger partial charge in [0, 0.05) is 12.8 Å². The van der Waals surface area contributed by atoms with Gasteiger partial charge in [-0.25, -0.2) is 19.2 Å². The van der Waals surface area contributed by atoms with E-state index in [4.69, 9.17) is 23.7 Å². The van der Waals surface area contributed by atoms with Gasteiger partial charge in [-0.05, 0) is 105 Å². The summed E-state index contributed by atoms with van der Waals surface area (Å²) < 4.78 is 25.8. The Labute approximate surface area is 323 Å². The highest BCUT2D eigenvalue weighted by Gasteiger charge is 2.27. The predicted octanol–water partition coefficient (Wildman–Crippen LogP) is 6.88. The Hall–Kier alpha value is -4.88. The van der Waals surface area contributed by atoms with Gasteiger partial charge in [0.15, 0.2) is 0 Å². The Morgan fingerprint density at radius 3 is 1.42 bits per heavy atom. The van der Waals surface area contributed by atoms with Crippen molar-refractivity contribution in [2.45, 2.75) is 105 Å². The monoisotopic (exact) mass is 802 g/mol. The van der Waals surface area contributed by atoms with Gasteiger partial charge in [0.05, 0.1) is 18.5 Å². The number of benzene rings is 2. The number of ether oxygens (including phenoxy) is 5. The molecule has 3 N–H and O–H groups in total. The standard InChI is InChI=1S/C20H27NO5.C16H23NO5.C4H5Br/c1-6-8-13-25-16-11-9-15(10-12-16)14-17(18(22)24-7-2)21-19(23)26-20(3,4)5;1-5-21-14(19)13(17-15(20)22-16(2,3)4)10-11-6-8-12(18)9-7-11;1-2-3-4-5/h9-12,17H,7,13-14H2,1-5H3,(H,21,23);6-9,13,18H,5,10H2,1-4H3,(H,17,20);4H2,1H3/t17-;13-;/m00./s1. The lowest BCUT2D eigenvalue weighted by molar-refractivity contribution is -0.146. The van der Waals surface area contributed by atoms with Gasteiger partial charge in [-0.3, -0.25) is 0 Å². The molecule has 0 radical (unpaired) electrons. The average molecular weight is 804 g/mol. The second-order valence-corrected chi connectivity index (χ2v) is 13.5. The second kappa shape index (κ2) is 26.0. The number of phenols is 1. The lowest BCUT2D eigenvalue weighted by Gasteiger charge is -2.23. The number of carbonyl (C=O) groups excluding carboxylic acids is 4. The molecule has 12 nitrogen and oxygen atoms in total. The summed E-state index contributed by atoms with van der Waals surface area (Å²) in [5, 5.41) is 15.2. The number of aromatic hydroxyl groups is 1. The molecule has 0 saturated heterocycles. The van der Waals surface area contributed by atoms with Crippen LogP contribution in [0.15, 0.2) is 48.5 Å². The highest BCUT2D eigenvalue weighted by Crippen LogP contribution is 2.15. The normalized spacial score (nSPS) is 11.3. The van der Waals surface area contributed by atoms with E-state index in [2.05, 4.69) is 50.2 Å². The fraction of sp³-hybridized carbons (Fsp3) is 0.500. The van der Waals surface area contributed by atoms with E-state index >= 15 is 0 Å². The van der Waals surface area contributed by atoms with Crippen molar-refractivity contribution in [1.82, 2.24) is 10.6 Å². The lowest BCUT2D eigenvalue weighted by Crippen LogP contribution is -2.45. The number of alkyl halides is 1. The summed E-state index contributed by atoms with van der Waals surface area (Å²) >= 11 is 3.14. The van der Waals surface area contributed by atoms with E-state index < -0.39 is 47.4 Å². The van der Waals surface area contributed by atoms with Gasteiger partial charge in [-0.15, -0.1) is 11.8 Å². The van der Waals surface area contributed by atoms with Crippen molar-refractivity contribution in [3.05, 3.63) is 59.7 Å². The Morgan fingerprint density at radius 2 is 1.09 bits per heavy atom. The molecule has 0 aliphatic rings. The SMILES string of the molecule is CC#CCBr.CC#CCOc1ccc(C[C@H](NC(=O)OC(C)(C)C)C(=O)OCC)cc1.CCOC(=O)[C@H](Cc1ccc(O)cc1)NC(=O)OC(C)(C)C. The minimum atomic E-state index is -0.848. The molecule has 2 aromatic carbocycles. The zero-order valence-electron chi connectivity index (χ0n) is 32.5. The Morgan fingerprint density at radius 1 is 0.698 bits per heavy atom. The minimum Gasteiger partial charge on any atom is -0.508 e. The Kier molecular flexibility index (Phi) is 23.6. The summed E-state index contributed by atoms with van der Waals surface area (Å²) in [4.78, 5) is 48.0. The van der Waals surface area contributed by atoms with Crippen LogP contribution in [0, 0.1) is 23.7 Å². The van der Waals surface area contributed by atoms with Gasteiger partial charge in [0.1, 0.15) is 41.4 Å². The minimum absolute atomic E-state index is 0.136. The van der Waals surface area contributed by atoms with E-state index in [9.17, 15) is 24.3 Å². The van der Waals surface area contributed by atoms with Gasteiger partial charge in [-0.2, -0.15) is 0 Å². The quantitative estimate of drug-likeness (QED) is 0.0894. The number of rotatable bonds is 12. The van der Waals surface area contributed by atoms with E-state index in [1.54, 1.807) is 86.6 Å². The summed E-state index contributed by atoms with van der Waals surface area (Å²) in [5.41, 5.74) is 0.339. The van der Waals surface area contributed by atoms with Crippen LogP contribution in [0.1, 0.15) is 80.4 Å². The van der Waals surface area contributed by atoms with Crippen LogP contribution in [-0.2, 0) is 41.4 Å². The summed E-state index contributed by atoms with van der Waals surface area (Å²) in [6.45, 7) is 18.3. The third-order valence-corrected chi connectivity index (χ3v) is 6.28. The molecule has 0 saturated carbocycles. The first-order chi connectivity index (χ1) is 24.9. The van der Waals surface area contributed by atoms with Gasteiger partial charge >= 0.3 is 24.1 Å². The van der Waals surface area contributed by atoms with Gasteiger partial charge in [0.2, 0.25) is 0 Å². The molecule has 2 rings (SSSR count). The maximum atomic E-state index is 12.2.